The van der Waals surface area contributed by atoms with Crippen LogP contribution in [0.3, 0.4) is 0 Å². The molecule has 0 aliphatic heterocycles. The zero-order valence-corrected chi connectivity index (χ0v) is 12.2. The monoisotopic (exact) mass is 257 g/mol. The van der Waals surface area contributed by atoms with Crippen LogP contribution in [0.1, 0.15) is 37.9 Å². The fraction of sp³-hybridized carbons (Fsp3) is 0.438. The third-order valence-corrected chi connectivity index (χ3v) is 3.48. The predicted molar refractivity (Wildman–Crippen MR) is 79.2 cm³/mol. The largest absolute Gasteiger partial charge is 0.336 e. The summed E-state index contributed by atoms with van der Waals surface area (Å²) in [7, 11) is 2.00. The van der Waals surface area contributed by atoms with Gasteiger partial charge in [-0.3, -0.25) is 0 Å². The number of aromatic nitrogens is 2. The normalized spacial score (nSPS) is 13.5. The Labute approximate surface area is 115 Å². The van der Waals surface area contributed by atoms with Crippen LogP contribution in [0.2, 0.25) is 0 Å². The number of imidazole rings is 1. The fourth-order valence-corrected chi connectivity index (χ4v) is 2.18. The van der Waals surface area contributed by atoms with Crippen molar-refractivity contribution in [2.24, 2.45) is 0 Å². The van der Waals surface area contributed by atoms with Crippen LogP contribution in [0.4, 0.5) is 0 Å². The van der Waals surface area contributed by atoms with E-state index >= 15 is 0 Å². The Balaban J connectivity index is 2.15. The van der Waals surface area contributed by atoms with Crippen molar-refractivity contribution in [1.29, 1.82) is 0 Å². The van der Waals surface area contributed by atoms with Crippen LogP contribution in [0, 0.1) is 0 Å². The molecule has 2 rings (SSSR count). The molecule has 3 nitrogen and oxygen atoms in total. The lowest BCUT2D eigenvalue weighted by Crippen LogP contribution is -2.21. The lowest BCUT2D eigenvalue weighted by molar-refractivity contribution is 0.499. The van der Waals surface area contributed by atoms with Crippen molar-refractivity contribution in [1.82, 2.24) is 14.9 Å². The molecule has 1 aromatic carbocycles. The number of rotatable bonds is 4. The van der Waals surface area contributed by atoms with Gasteiger partial charge in [-0.15, -0.1) is 0 Å². The van der Waals surface area contributed by atoms with E-state index in [2.05, 4.69) is 59.9 Å². The van der Waals surface area contributed by atoms with Crippen molar-refractivity contribution in [2.75, 3.05) is 7.05 Å². The summed E-state index contributed by atoms with van der Waals surface area (Å²) in [5, 5.41) is 3.37. The summed E-state index contributed by atoms with van der Waals surface area (Å²) in [6, 6.07) is 9.21. The van der Waals surface area contributed by atoms with Gasteiger partial charge in [-0.05, 0) is 23.6 Å². The minimum absolute atomic E-state index is 0.206. The van der Waals surface area contributed by atoms with E-state index in [9.17, 15) is 0 Å². The number of nitrogens with one attached hydrogen (secondary N) is 1. The SMILES string of the molecule is CNC(Cn1ccnc1)c1ccc(C(C)(C)C)cc1. The zero-order valence-electron chi connectivity index (χ0n) is 12.2. The summed E-state index contributed by atoms with van der Waals surface area (Å²) in [5.74, 6) is 0. The maximum absolute atomic E-state index is 4.08. The van der Waals surface area contributed by atoms with Crippen molar-refractivity contribution in [3.63, 3.8) is 0 Å². The van der Waals surface area contributed by atoms with E-state index in [-0.39, 0.29) is 5.41 Å². The lowest BCUT2D eigenvalue weighted by atomic mass is 9.86. The predicted octanol–water partition coefficient (Wildman–Crippen LogP) is 3.14. The Kier molecular flexibility index (Phi) is 4.05. The average Bonchev–Trinajstić information content (AvgIpc) is 2.88. The van der Waals surface area contributed by atoms with Gasteiger partial charge in [-0.2, -0.15) is 0 Å². The molecule has 1 heterocycles. The first kappa shape index (κ1) is 13.8. The van der Waals surface area contributed by atoms with E-state index in [1.54, 1.807) is 0 Å². The minimum atomic E-state index is 0.206. The van der Waals surface area contributed by atoms with E-state index in [1.807, 2.05) is 25.8 Å². The summed E-state index contributed by atoms with van der Waals surface area (Å²) in [5.41, 5.74) is 2.89. The first-order valence-corrected chi connectivity index (χ1v) is 6.74. The van der Waals surface area contributed by atoms with E-state index in [0.29, 0.717) is 6.04 Å². The van der Waals surface area contributed by atoms with E-state index in [4.69, 9.17) is 0 Å². The number of hydrogen-bond acceptors (Lipinski definition) is 2. The Bertz CT molecular complexity index is 492. The van der Waals surface area contributed by atoms with Crippen LogP contribution in [0.15, 0.2) is 43.0 Å². The second-order valence-electron chi connectivity index (χ2n) is 5.97. The Hall–Kier alpha value is -1.61. The Morgan fingerprint density at radius 2 is 1.89 bits per heavy atom. The summed E-state index contributed by atoms with van der Waals surface area (Å²) < 4.78 is 2.10. The van der Waals surface area contributed by atoms with Gasteiger partial charge in [0.2, 0.25) is 0 Å². The molecule has 0 bridgehead atoms. The summed E-state index contributed by atoms with van der Waals surface area (Å²) in [4.78, 5) is 4.08. The highest BCUT2D eigenvalue weighted by molar-refractivity contribution is 5.29. The molecule has 0 saturated heterocycles. The van der Waals surface area contributed by atoms with Crippen molar-refractivity contribution in [3.05, 3.63) is 54.1 Å². The molecule has 1 atom stereocenters. The molecule has 0 spiro atoms. The van der Waals surface area contributed by atoms with Gasteiger partial charge in [0.25, 0.3) is 0 Å². The lowest BCUT2D eigenvalue weighted by Gasteiger charge is -2.21. The third-order valence-electron chi connectivity index (χ3n) is 3.48. The van der Waals surface area contributed by atoms with Gasteiger partial charge in [0.1, 0.15) is 0 Å². The zero-order chi connectivity index (χ0) is 13.9. The minimum Gasteiger partial charge on any atom is -0.336 e. The van der Waals surface area contributed by atoms with E-state index in [0.717, 1.165) is 6.54 Å². The van der Waals surface area contributed by atoms with Gasteiger partial charge >= 0.3 is 0 Å². The van der Waals surface area contributed by atoms with Gasteiger partial charge in [0.05, 0.1) is 6.33 Å². The molecule has 0 aliphatic carbocycles. The molecule has 0 fully saturated rings. The van der Waals surface area contributed by atoms with Gasteiger partial charge in [0.15, 0.2) is 0 Å². The number of hydrogen-bond donors (Lipinski definition) is 1. The van der Waals surface area contributed by atoms with Crippen molar-refractivity contribution >= 4 is 0 Å². The Morgan fingerprint density at radius 1 is 1.21 bits per heavy atom. The topological polar surface area (TPSA) is 29.9 Å². The van der Waals surface area contributed by atoms with E-state index in [1.165, 1.54) is 11.1 Å². The maximum atomic E-state index is 4.08. The van der Waals surface area contributed by atoms with Crippen LogP contribution in [0.25, 0.3) is 0 Å². The molecule has 0 aliphatic rings. The van der Waals surface area contributed by atoms with Crippen molar-refractivity contribution in [3.8, 4) is 0 Å². The highest BCUT2D eigenvalue weighted by Crippen LogP contribution is 2.24. The molecular formula is C16H23N3. The number of likely N-dealkylation sites (N-methyl/N-ethyl adjacent to an activating group) is 1. The molecule has 3 heteroatoms. The van der Waals surface area contributed by atoms with Crippen LogP contribution < -0.4 is 5.32 Å². The third kappa shape index (κ3) is 3.44. The molecule has 2 aromatic rings. The second-order valence-corrected chi connectivity index (χ2v) is 5.97. The maximum Gasteiger partial charge on any atom is 0.0946 e. The molecule has 0 amide bonds. The Morgan fingerprint density at radius 3 is 2.37 bits per heavy atom. The van der Waals surface area contributed by atoms with E-state index < -0.39 is 0 Å². The van der Waals surface area contributed by atoms with Crippen molar-refractivity contribution < 1.29 is 0 Å². The van der Waals surface area contributed by atoms with Gasteiger partial charge < -0.3 is 9.88 Å². The van der Waals surface area contributed by atoms with Crippen LogP contribution in [-0.4, -0.2) is 16.6 Å². The molecule has 102 valence electrons. The quantitative estimate of drug-likeness (QED) is 0.912. The first-order valence-electron chi connectivity index (χ1n) is 6.74. The molecule has 1 aromatic heterocycles. The van der Waals surface area contributed by atoms with Crippen molar-refractivity contribution in [2.45, 2.75) is 38.8 Å². The fourth-order valence-electron chi connectivity index (χ4n) is 2.18. The smallest absolute Gasteiger partial charge is 0.0946 e. The van der Waals surface area contributed by atoms with Gasteiger partial charge in [-0.1, -0.05) is 45.0 Å². The summed E-state index contributed by atoms with van der Waals surface area (Å²) >= 11 is 0. The average molecular weight is 257 g/mol. The first-order chi connectivity index (χ1) is 9.00. The van der Waals surface area contributed by atoms with Gasteiger partial charge in [-0.25, -0.2) is 4.98 Å². The molecule has 0 saturated carbocycles. The molecular weight excluding hydrogens is 234 g/mol. The number of nitrogens with zero attached hydrogens (tertiary/aromatic N) is 2. The molecule has 19 heavy (non-hydrogen) atoms. The van der Waals surface area contributed by atoms with Crippen LogP contribution >= 0.6 is 0 Å². The summed E-state index contributed by atoms with van der Waals surface area (Å²) in [6.45, 7) is 7.61. The van der Waals surface area contributed by atoms with Crippen LogP contribution in [-0.2, 0) is 12.0 Å². The molecule has 1 N–H and O–H groups in total. The standard InChI is InChI=1S/C16H23N3/c1-16(2,3)14-7-5-13(6-8-14)15(17-4)11-19-10-9-18-12-19/h5-10,12,15,17H,11H2,1-4H3. The number of benzene rings is 1. The van der Waals surface area contributed by atoms with Crippen LogP contribution in [0.5, 0.6) is 0 Å². The summed E-state index contributed by atoms with van der Waals surface area (Å²) in [6.07, 6.45) is 5.66. The van der Waals surface area contributed by atoms with Gasteiger partial charge in [0, 0.05) is 25.0 Å². The highest BCUT2D eigenvalue weighted by Gasteiger charge is 2.15. The second kappa shape index (κ2) is 5.57. The molecule has 0 radical (unpaired) electrons. The molecule has 1 unspecified atom stereocenters. The highest BCUT2D eigenvalue weighted by atomic mass is 15.1.